The van der Waals surface area contributed by atoms with Gasteiger partial charge < -0.3 is 20.5 Å². The largest absolute Gasteiger partial charge is 0.390 e. The van der Waals surface area contributed by atoms with E-state index in [0.29, 0.717) is 23.4 Å². The quantitative estimate of drug-likeness (QED) is 0.618. The molecule has 1 aliphatic rings. The first-order chi connectivity index (χ1) is 12.5. The van der Waals surface area contributed by atoms with E-state index in [1.165, 1.54) is 13.3 Å². The van der Waals surface area contributed by atoms with E-state index in [0.717, 1.165) is 10.9 Å². The average Bonchev–Trinajstić information content (AvgIpc) is 3.18. The molecule has 1 saturated carbocycles. The minimum Gasteiger partial charge on any atom is -0.390 e. The Labute approximate surface area is 150 Å². The fraction of sp³-hybridized carbons (Fsp3) is 0.316. The summed E-state index contributed by atoms with van der Waals surface area (Å²) < 4.78 is 1.84. The second-order valence-electron chi connectivity index (χ2n) is 6.79. The number of aromatic nitrogens is 3. The molecule has 0 spiro atoms. The van der Waals surface area contributed by atoms with Gasteiger partial charge >= 0.3 is 0 Å². The number of anilines is 1. The maximum atomic E-state index is 11.6. The molecular formula is C19H20N4O3. The molecule has 7 nitrogen and oxygen atoms in total. The molecular weight excluding hydrogens is 332 g/mol. The van der Waals surface area contributed by atoms with Crippen molar-refractivity contribution in [3.63, 3.8) is 0 Å². The van der Waals surface area contributed by atoms with Gasteiger partial charge in [-0.15, -0.1) is 0 Å². The van der Waals surface area contributed by atoms with E-state index in [-0.39, 0.29) is 17.7 Å². The summed E-state index contributed by atoms with van der Waals surface area (Å²) in [6.07, 6.45) is 1.84. The molecule has 1 aliphatic carbocycles. The lowest BCUT2D eigenvalue weighted by molar-refractivity contribution is 0.0179. The summed E-state index contributed by atoms with van der Waals surface area (Å²) in [5.41, 5.74) is 7.96. The van der Waals surface area contributed by atoms with Gasteiger partial charge in [0.2, 0.25) is 0 Å². The number of rotatable bonds is 3. The van der Waals surface area contributed by atoms with E-state index in [1.54, 1.807) is 18.2 Å². The van der Waals surface area contributed by atoms with Crippen molar-refractivity contribution in [2.75, 3.05) is 5.73 Å². The molecule has 134 valence electrons. The van der Waals surface area contributed by atoms with Crippen LogP contribution in [-0.4, -0.2) is 42.7 Å². The van der Waals surface area contributed by atoms with Crippen LogP contribution >= 0.6 is 0 Å². The number of ketones is 1. The third-order valence-electron chi connectivity index (χ3n) is 5.27. The van der Waals surface area contributed by atoms with Crippen molar-refractivity contribution in [1.82, 2.24) is 14.5 Å². The molecule has 0 saturated heterocycles. The van der Waals surface area contributed by atoms with Gasteiger partial charge in [0.25, 0.3) is 0 Å². The third kappa shape index (κ3) is 2.56. The molecule has 3 aromatic rings. The SMILES string of the molecule is CC(=O)c1cccc([C@H]2C[C@@H](n3ccc4c(N)ncnc43)[C@H](O)[C@@H]2O)c1. The number of aliphatic hydroxyl groups excluding tert-OH is 2. The second-order valence-corrected chi connectivity index (χ2v) is 6.79. The third-order valence-corrected chi connectivity index (χ3v) is 5.27. The fourth-order valence-electron chi connectivity index (χ4n) is 3.86. The topological polar surface area (TPSA) is 114 Å². The van der Waals surface area contributed by atoms with Crippen LogP contribution in [0.4, 0.5) is 5.82 Å². The Kier molecular flexibility index (Phi) is 3.97. The van der Waals surface area contributed by atoms with Crippen LogP contribution < -0.4 is 5.73 Å². The van der Waals surface area contributed by atoms with Crippen LogP contribution in [0.1, 0.15) is 41.2 Å². The minimum absolute atomic E-state index is 0.0278. The molecule has 0 unspecified atom stereocenters. The van der Waals surface area contributed by atoms with Crippen LogP contribution in [0, 0.1) is 0 Å². The zero-order chi connectivity index (χ0) is 18.4. The number of carbonyl (C=O) groups excluding carboxylic acids is 1. The molecule has 0 amide bonds. The number of nitrogen functional groups attached to an aromatic ring is 1. The summed E-state index contributed by atoms with van der Waals surface area (Å²) in [7, 11) is 0. The van der Waals surface area contributed by atoms with Crippen molar-refractivity contribution >= 4 is 22.6 Å². The fourth-order valence-corrected chi connectivity index (χ4v) is 3.86. The summed E-state index contributed by atoms with van der Waals surface area (Å²) in [4.78, 5) is 19.9. The lowest BCUT2D eigenvalue weighted by Crippen LogP contribution is -2.28. The number of nitrogens with two attached hydrogens (primary N) is 1. The summed E-state index contributed by atoms with van der Waals surface area (Å²) in [6.45, 7) is 1.51. The number of Topliss-reactive ketones (excluding diaryl/α,β-unsaturated/α-hetero) is 1. The molecule has 0 bridgehead atoms. The molecule has 7 heteroatoms. The van der Waals surface area contributed by atoms with Crippen LogP contribution in [-0.2, 0) is 0 Å². The van der Waals surface area contributed by atoms with Crippen molar-refractivity contribution in [2.24, 2.45) is 0 Å². The van der Waals surface area contributed by atoms with Gasteiger partial charge in [0.15, 0.2) is 5.78 Å². The van der Waals surface area contributed by atoms with E-state index < -0.39 is 12.2 Å². The Bertz CT molecular complexity index is 984. The number of carbonyl (C=O) groups is 1. The summed E-state index contributed by atoms with van der Waals surface area (Å²) in [5, 5.41) is 22.0. The Hall–Kier alpha value is -2.77. The van der Waals surface area contributed by atoms with Gasteiger partial charge in [-0.2, -0.15) is 0 Å². The molecule has 2 aromatic heterocycles. The summed E-state index contributed by atoms with van der Waals surface area (Å²) in [6, 6.07) is 8.69. The number of hydrogen-bond acceptors (Lipinski definition) is 6. The van der Waals surface area contributed by atoms with Gasteiger partial charge in [0.1, 0.15) is 23.9 Å². The van der Waals surface area contributed by atoms with E-state index in [4.69, 9.17) is 5.73 Å². The highest BCUT2D eigenvalue weighted by Gasteiger charge is 2.43. The van der Waals surface area contributed by atoms with E-state index in [9.17, 15) is 15.0 Å². The van der Waals surface area contributed by atoms with Gasteiger partial charge in [0, 0.05) is 17.7 Å². The number of aliphatic hydroxyl groups is 2. The molecule has 4 atom stereocenters. The van der Waals surface area contributed by atoms with E-state index >= 15 is 0 Å². The maximum Gasteiger partial charge on any atom is 0.159 e. The summed E-state index contributed by atoms with van der Waals surface area (Å²) in [5.74, 6) is 0.0819. The number of benzene rings is 1. The number of hydrogen-bond donors (Lipinski definition) is 3. The highest BCUT2D eigenvalue weighted by Crippen LogP contribution is 2.43. The van der Waals surface area contributed by atoms with Gasteiger partial charge in [-0.25, -0.2) is 9.97 Å². The van der Waals surface area contributed by atoms with Crippen molar-refractivity contribution < 1.29 is 15.0 Å². The smallest absolute Gasteiger partial charge is 0.159 e. The first kappa shape index (κ1) is 16.7. The van der Waals surface area contributed by atoms with Crippen LogP contribution in [0.3, 0.4) is 0 Å². The van der Waals surface area contributed by atoms with Crippen LogP contribution in [0.5, 0.6) is 0 Å². The average molecular weight is 352 g/mol. The number of fused-ring (bicyclic) bond motifs is 1. The standard InChI is InChI=1S/C19H20N4O3/c1-10(24)11-3-2-4-12(7-11)14-8-15(17(26)16(14)25)23-6-5-13-18(20)21-9-22-19(13)23/h2-7,9,14-17,25-26H,8H2,1H3,(H2,20,21,22)/t14-,15-,16-,17+/m1/s1. The molecule has 4 rings (SSSR count). The Morgan fingerprint density at radius 3 is 2.81 bits per heavy atom. The van der Waals surface area contributed by atoms with Crippen molar-refractivity contribution in [1.29, 1.82) is 0 Å². The van der Waals surface area contributed by atoms with Gasteiger partial charge in [-0.1, -0.05) is 18.2 Å². The van der Waals surface area contributed by atoms with Crippen molar-refractivity contribution in [3.05, 3.63) is 54.0 Å². The molecule has 1 aromatic carbocycles. The van der Waals surface area contributed by atoms with Gasteiger partial charge in [-0.3, -0.25) is 4.79 Å². The highest BCUT2D eigenvalue weighted by atomic mass is 16.3. The van der Waals surface area contributed by atoms with E-state index in [1.807, 2.05) is 22.9 Å². The Morgan fingerprint density at radius 1 is 1.23 bits per heavy atom. The molecule has 26 heavy (non-hydrogen) atoms. The zero-order valence-corrected chi connectivity index (χ0v) is 14.3. The highest BCUT2D eigenvalue weighted by molar-refractivity contribution is 5.94. The molecule has 0 radical (unpaired) electrons. The first-order valence-electron chi connectivity index (χ1n) is 8.51. The first-order valence-corrected chi connectivity index (χ1v) is 8.51. The van der Waals surface area contributed by atoms with Crippen LogP contribution in [0.25, 0.3) is 11.0 Å². The van der Waals surface area contributed by atoms with Crippen LogP contribution in [0.2, 0.25) is 0 Å². The molecule has 2 heterocycles. The predicted octanol–water partition coefficient (Wildman–Crippen LogP) is 1.67. The monoisotopic (exact) mass is 352 g/mol. The summed E-state index contributed by atoms with van der Waals surface area (Å²) >= 11 is 0. The van der Waals surface area contributed by atoms with Gasteiger partial charge in [-0.05, 0) is 31.0 Å². The second kappa shape index (κ2) is 6.19. The van der Waals surface area contributed by atoms with Crippen molar-refractivity contribution in [3.8, 4) is 0 Å². The zero-order valence-electron chi connectivity index (χ0n) is 14.3. The molecule has 0 aliphatic heterocycles. The maximum absolute atomic E-state index is 11.6. The van der Waals surface area contributed by atoms with Crippen LogP contribution in [0.15, 0.2) is 42.9 Å². The Morgan fingerprint density at radius 2 is 2.04 bits per heavy atom. The lowest BCUT2D eigenvalue weighted by Gasteiger charge is -2.19. The normalized spacial score (nSPS) is 25.7. The van der Waals surface area contributed by atoms with Gasteiger partial charge in [0.05, 0.1) is 17.5 Å². The Balaban J connectivity index is 1.71. The minimum atomic E-state index is -0.951. The lowest BCUT2D eigenvalue weighted by atomic mass is 9.93. The van der Waals surface area contributed by atoms with E-state index in [2.05, 4.69) is 9.97 Å². The molecule has 1 fully saturated rings. The molecule has 4 N–H and O–H groups in total. The number of nitrogens with zero attached hydrogens (tertiary/aromatic N) is 3. The van der Waals surface area contributed by atoms with Crippen molar-refractivity contribution in [2.45, 2.75) is 37.5 Å². The predicted molar refractivity (Wildman–Crippen MR) is 96.8 cm³/mol.